The van der Waals surface area contributed by atoms with Crippen LogP contribution < -0.4 is 4.74 Å². The molecule has 0 saturated carbocycles. The van der Waals surface area contributed by atoms with E-state index in [2.05, 4.69) is 4.98 Å². The van der Waals surface area contributed by atoms with Gasteiger partial charge in [0.15, 0.2) is 23.1 Å². The molecule has 2 fully saturated rings. The van der Waals surface area contributed by atoms with Gasteiger partial charge in [0.05, 0.1) is 12.8 Å². The Labute approximate surface area is 192 Å². The van der Waals surface area contributed by atoms with Crippen LogP contribution in [0.1, 0.15) is 35.0 Å². The quantitative estimate of drug-likeness (QED) is 0.552. The second-order valence-corrected chi connectivity index (χ2v) is 11.2. The molecule has 0 unspecified atom stereocenters. The van der Waals surface area contributed by atoms with Crippen LogP contribution in [0.3, 0.4) is 0 Å². The zero-order chi connectivity index (χ0) is 24.0. The molecule has 1 aromatic heterocycles. The van der Waals surface area contributed by atoms with Crippen molar-refractivity contribution in [2.75, 3.05) is 32.4 Å². The van der Waals surface area contributed by atoms with Gasteiger partial charge in [-0.05, 0) is 36.5 Å². The fourth-order valence-corrected chi connectivity index (χ4v) is 5.76. The molecule has 0 amide bonds. The zero-order valence-electron chi connectivity index (χ0n) is 17.6. The van der Waals surface area contributed by atoms with Gasteiger partial charge < -0.3 is 4.74 Å². The average Bonchev–Trinajstić information content (AvgIpc) is 3.17. The Kier molecular flexibility index (Phi) is 6.69. The van der Waals surface area contributed by atoms with Crippen LogP contribution in [0.2, 0.25) is 0 Å². The van der Waals surface area contributed by atoms with Crippen LogP contribution in [-0.4, -0.2) is 61.1 Å². The second-order valence-electron chi connectivity index (χ2n) is 8.31. The van der Waals surface area contributed by atoms with E-state index in [1.165, 1.54) is 16.4 Å². The van der Waals surface area contributed by atoms with Gasteiger partial charge in [-0.1, -0.05) is 0 Å². The lowest BCUT2D eigenvalue weighted by Crippen LogP contribution is -2.53. The average molecular weight is 512 g/mol. The molecule has 3 heterocycles. The molecule has 0 atom stereocenters. The molecule has 13 heteroatoms. The topological polar surface area (TPSA) is 62.7 Å². The molecule has 0 aliphatic carbocycles. The van der Waals surface area contributed by atoms with Crippen LogP contribution in [0.15, 0.2) is 17.5 Å². The van der Waals surface area contributed by atoms with Crippen LogP contribution in [-0.2, 0) is 22.7 Å². The summed E-state index contributed by atoms with van der Waals surface area (Å²) >= 11 is 0.911. The van der Waals surface area contributed by atoms with E-state index in [0.29, 0.717) is 49.6 Å². The van der Waals surface area contributed by atoms with Crippen LogP contribution in [0.4, 0.5) is 22.0 Å². The maximum absolute atomic E-state index is 14.6. The third-order valence-electron chi connectivity index (χ3n) is 5.82. The fraction of sp³-hybridized carbons (Fsp3) is 0.550. The van der Waals surface area contributed by atoms with Gasteiger partial charge in [-0.25, -0.2) is 26.5 Å². The molecule has 182 valence electrons. The predicted octanol–water partition coefficient (Wildman–Crippen LogP) is 3.84. The van der Waals surface area contributed by atoms with E-state index in [4.69, 9.17) is 4.74 Å². The van der Waals surface area contributed by atoms with E-state index in [-0.39, 0.29) is 12.5 Å². The highest BCUT2D eigenvalue weighted by molar-refractivity contribution is 7.88. The van der Waals surface area contributed by atoms with Crippen LogP contribution in [0, 0.1) is 11.6 Å². The molecule has 2 aliphatic heterocycles. The minimum atomic E-state index is -4.48. The van der Waals surface area contributed by atoms with Gasteiger partial charge in [0.1, 0.15) is 11.1 Å². The molecule has 2 aromatic rings. The Morgan fingerprint density at radius 3 is 2.27 bits per heavy atom. The number of nitrogens with zero attached hydrogens (tertiary/aromatic N) is 3. The molecule has 1 aromatic carbocycles. The molecule has 0 N–H and O–H groups in total. The maximum Gasteiger partial charge on any atom is 0.434 e. The lowest BCUT2D eigenvalue weighted by atomic mass is 9.90. The van der Waals surface area contributed by atoms with Crippen molar-refractivity contribution in [3.8, 4) is 5.75 Å². The van der Waals surface area contributed by atoms with E-state index >= 15 is 0 Å². The zero-order valence-corrected chi connectivity index (χ0v) is 19.2. The highest BCUT2D eigenvalue weighted by Crippen LogP contribution is 2.35. The number of aromatic nitrogens is 1. The number of rotatable bonds is 6. The van der Waals surface area contributed by atoms with Crippen molar-refractivity contribution >= 4 is 21.4 Å². The van der Waals surface area contributed by atoms with E-state index in [1.807, 2.05) is 0 Å². The number of ether oxygens (including phenoxy) is 1. The van der Waals surface area contributed by atoms with Crippen molar-refractivity contribution in [2.24, 2.45) is 0 Å². The van der Waals surface area contributed by atoms with Crippen molar-refractivity contribution in [1.82, 2.24) is 14.2 Å². The first-order chi connectivity index (χ1) is 15.4. The first-order valence-corrected chi connectivity index (χ1v) is 13.0. The van der Waals surface area contributed by atoms with Crippen molar-refractivity contribution < 1.29 is 35.1 Å². The Bertz CT molecular complexity index is 1090. The van der Waals surface area contributed by atoms with Crippen LogP contribution in [0.25, 0.3) is 0 Å². The third kappa shape index (κ3) is 5.64. The van der Waals surface area contributed by atoms with Crippen LogP contribution >= 0.6 is 11.3 Å². The normalized spacial score (nSPS) is 19.6. The summed E-state index contributed by atoms with van der Waals surface area (Å²) in [5.74, 6) is -2.29. The smallest absolute Gasteiger partial charge is 0.434 e. The minimum Gasteiger partial charge on any atom is -0.482 e. The summed E-state index contributed by atoms with van der Waals surface area (Å²) < 4.78 is 97.2. The Morgan fingerprint density at radius 1 is 1.15 bits per heavy atom. The maximum atomic E-state index is 14.6. The second kappa shape index (κ2) is 9.08. The van der Waals surface area contributed by atoms with E-state index in [0.717, 1.165) is 23.0 Å². The van der Waals surface area contributed by atoms with Gasteiger partial charge in [-0.2, -0.15) is 13.2 Å². The van der Waals surface area contributed by atoms with Gasteiger partial charge in [-0.15, -0.1) is 11.3 Å². The number of piperidine rings is 1. The molecular weight excluding hydrogens is 489 g/mol. The molecule has 4 rings (SSSR count). The fourth-order valence-electron chi connectivity index (χ4n) is 4.05. The van der Waals surface area contributed by atoms with Gasteiger partial charge in [0.2, 0.25) is 10.0 Å². The van der Waals surface area contributed by atoms with Crippen molar-refractivity contribution in [3.05, 3.63) is 45.4 Å². The SMILES string of the molecule is CS(=O)(=O)N1CCC(c2cc(F)c(OC3CN(Cc4nc(C(F)(F)F)cs4)C3)c(F)c2)CC1. The number of benzene rings is 1. The monoisotopic (exact) mass is 511 g/mol. The Hall–Kier alpha value is -1.83. The van der Waals surface area contributed by atoms with Gasteiger partial charge in [0.25, 0.3) is 0 Å². The van der Waals surface area contributed by atoms with Gasteiger partial charge in [0, 0.05) is 31.6 Å². The number of halogens is 5. The highest BCUT2D eigenvalue weighted by atomic mass is 32.2. The molecule has 2 saturated heterocycles. The number of alkyl halides is 3. The lowest BCUT2D eigenvalue weighted by Gasteiger charge is -2.38. The summed E-state index contributed by atoms with van der Waals surface area (Å²) in [4.78, 5) is 5.35. The standard InChI is InChI=1S/C20H22F5N3O3S2/c1-33(29,30)28-4-2-12(3-5-28)13-6-15(21)19(16(22)7-13)31-14-8-27(9-14)10-18-26-17(11-32-18)20(23,24)25/h6-7,11-12,14H,2-5,8-10H2,1H3. The highest BCUT2D eigenvalue weighted by Gasteiger charge is 2.35. The molecule has 2 aliphatic rings. The van der Waals surface area contributed by atoms with Crippen LogP contribution in [0.5, 0.6) is 5.75 Å². The number of likely N-dealkylation sites (tertiary alicyclic amines) is 1. The van der Waals surface area contributed by atoms with Gasteiger partial charge >= 0.3 is 6.18 Å². The first kappa shape index (κ1) is 24.3. The van der Waals surface area contributed by atoms with Gasteiger partial charge in [-0.3, -0.25) is 4.90 Å². The molecule has 0 spiro atoms. The first-order valence-electron chi connectivity index (χ1n) is 10.2. The van der Waals surface area contributed by atoms with E-state index < -0.39 is 45.4 Å². The largest absolute Gasteiger partial charge is 0.482 e. The number of hydrogen-bond donors (Lipinski definition) is 0. The Balaban J connectivity index is 1.31. The number of sulfonamides is 1. The molecule has 0 radical (unpaired) electrons. The van der Waals surface area contributed by atoms with E-state index in [9.17, 15) is 30.4 Å². The third-order valence-corrected chi connectivity index (χ3v) is 7.96. The molecule has 33 heavy (non-hydrogen) atoms. The van der Waals surface area contributed by atoms with E-state index in [1.54, 1.807) is 4.90 Å². The molecule has 0 bridgehead atoms. The Morgan fingerprint density at radius 2 is 1.76 bits per heavy atom. The van der Waals surface area contributed by atoms with Crippen molar-refractivity contribution in [3.63, 3.8) is 0 Å². The summed E-state index contributed by atoms with van der Waals surface area (Å²) in [6.07, 6.45) is -2.90. The number of hydrogen-bond acceptors (Lipinski definition) is 6. The molecular formula is C20H22F5N3O3S2. The summed E-state index contributed by atoms with van der Waals surface area (Å²) in [5.41, 5.74) is -0.466. The summed E-state index contributed by atoms with van der Waals surface area (Å²) in [5, 5.41) is 1.27. The minimum absolute atomic E-state index is 0.153. The summed E-state index contributed by atoms with van der Waals surface area (Å²) in [6.45, 7) is 1.42. The predicted molar refractivity (Wildman–Crippen MR) is 112 cm³/mol. The number of thiazole rings is 1. The summed E-state index contributed by atoms with van der Waals surface area (Å²) in [6, 6.07) is 2.45. The summed E-state index contributed by atoms with van der Waals surface area (Å²) in [7, 11) is -3.29. The van der Waals surface area contributed by atoms with Crippen molar-refractivity contribution in [2.45, 2.75) is 37.6 Å². The molecule has 6 nitrogen and oxygen atoms in total. The van der Waals surface area contributed by atoms with Crippen molar-refractivity contribution in [1.29, 1.82) is 0 Å². The lowest BCUT2D eigenvalue weighted by molar-refractivity contribution is -0.140.